The maximum atomic E-state index is 5.89. The topological polar surface area (TPSA) is 38.0 Å². The summed E-state index contributed by atoms with van der Waals surface area (Å²) < 4.78 is 0. The van der Waals surface area contributed by atoms with Gasteiger partial charge in [-0.15, -0.1) is 0 Å². The zero-order valence-corrected chi connectivity index (χ0v) is 11.2. The van der Waals surface area contributed by atoms with Gasteiger partial charge in [0.25, 0.3) is 0 Å². The Labute approximate surface area is 106 Å². The quantitative estimate of drug-likeness (QED) is 0.584. The van der Waals surface area contributed by atoms with Gasteiger partial charge in [0, 0.05) is 6.04 Å². The Bertz CT molecular complexity index is 252. The lowest BCUT2D eigenvalue weighted by Crippen LogP contribution is -2.44. The van der Waals surface area contributed by atoms with E-state index in [1.54, 1.807) is 0 Å². The van der Waals surface area contributed by atoms with Crippen molar-refractivity contribution in [1.82, 2.24) is 5.43 Å². The second kappa shape index (κ2) is 4.89. The Kier molecular flexibility index (Phi) is 3.45. The highest BCUT2D eigenvalue weighted by Crippen LogP contribution is 2.58. The normalized spacial score (nSPS) is 47.3. The van der Waals surface area contributed by atoms with Crippen molar-refractivity contribution >= 4 is 0 Å². The summed E-state index contributed by atoms with van der Waals surface area (Å²) in [6.07, 6.45) is 11.6. The number of nitrogens with one attached hydrogen (secondary N) is 1. The first-order chi connectivity index (χ1) is 8.31. The monoisotopic (exact) mass is 236 g/mol. The number of fused-ring (bicyclic) bond motifs is 1. The molecule has 0 spiro atoms. The van der Waals surface area contributed by atoms with E-state index in [2.05, 4.69) is 12.3 Å². The Balaban J connectivity index is 1.63. The van der Waals surface area contributed by atoms with Crippen molar-refractivity contribution in [3.05, 3.63) is 0 Å². The fraction of sp³-hybridized carbons (Fsp3) is 1.00. The Morgan fingerprint density at radius 1 is 1.00 bits per heavy atom. The van der Waals surface area contributed by atoms with Crippen LogP contribution in [0.5, 0.6) is 0 Å². The maximum Gasteiger partial charge on any atom is 0.0272 e. The fourth-order valence-corrected chi connectivity index (χ4v) is 4.95. The first kappa shape index (κ1) is 12.0. The zero-order valence-electron chi connectivity index (χ0n) is 11.2. The van der Waals surface area contributed by atoms with Gasteiger partial charge in [-0.2, -0.15) is 0 Å². The van der Waals surface area contributed by atoms with Gasteiger partial charge in [-0.1, -0.05) is 32.6 Å². The summed E-state index contributed by atoms with van der Waals surface area (Å²) in [6, 6.07) is 0.630. The molecule has 0 aliphatic heterocycles. The molecule has 0 bridgehead atoms. The lowest BCUT2D eigenvalue weighted by molar-refractivity contribution is 0.200. The van der Waals surface area contributed by atoms with Crippen LogP contribution in [0.25, 0.3) is 0 Å². The molecule has 3 rings (SSSR count). The lowest BCUT2D eigenvalue weighted by Gasteiger charge is -2.33. The van der Waals surface area contributed by atoms with Gasteiger partial charge < -0.3 is 0 Å². The van der Waals surface area contributed by atoms with E-state index < -0.39 is 0 Å². The summed E-state index contributed by atoms with van der Waals surface area (Å²) in [5.74, 6) is 10.7. The summed E-state index contributed by atoms with van der Waals surface area (Å²) in [4.78, 5) is 0. The van der Waals surface area contributed by atoms with Crippen LogP contribution in [-0.2, 0) is 0 Å². The first-order valence-corrected chi connectivity index (χ1v) is 7.77. The molecule has 98 valence electrons. The number of hydrazine groups is 1. The Hall–Kier alpha value is -0.0800. The second-order valence-electron chi connectivity index (χ2n) is 6.91. The highest BCUT2D eigenvalue weighted by Gasteiger charge is 2.55. The van der Waals surface area contributed by atoms with E-state index in [9.17, 15) is 0 Å². The van der Waals surface area contributed by atoms with Crippen LogP contribution in [0.1, 0.15) is 58.3 Å². The minimum absolute atomic E-state index is 0.630. The smallest absolute Gasteiger partial charge is 0.0272 e. The Morgan fingerprint density at radius 3 is 2.29 bits per heavy atom. The minimum Gasteiger partial charge on any atom is -0.271 e. The van der Waals surface area contributed by atoms with Crippen LogP contribution in [0.3, 0.4) is 0 Å². The van der Waals surface area contributed by atoms with Gasteiger partial charge in [0.15, 0.2) is 0 Å². The van der Waals surface area contributed by atoms with E-state index in [0.29, 0.717) is 6.04 Å². The standard InChI is InChI=1S/C15H28N2/c1-10-5-4-6-11(9-10)15(17-16)14-12-7-2-3-8-13(12)14/h10-15,17H,2-9,16H2,1H3. The molecule has 3 aliphatic carbocycles. The van der Waals surface area contributed by atoms with Crippen molar-refractivity contribution in [2.75, 3.05) is 0 Å². The molecule has 17 heavy (non-hydrogen) atoms. The van der Waals surface area contributed by atoms with Crippen molar-refractivity contribution in [2.45, 2.75) is 64.3 Å². The van der Waals surface area contributed by atoms with E-state index in [0.717, 1.165) is 29.6 Å². The van der Waals surface area contributed by atoms with Gasteiger partial charge in [-0.25, -0.2) is 0 Å². The third-order valence-corrected chi connectivity index (χ3v) is 5.81. The van der Waals surface area contributed by atoms with Crippen LogP contribution in [0.4, 0.5) is 0 Å². The molecule has 3 saturated carbocycles. The van der Waals surface area contributed by atoms with Gasteiger partial charge in [0.05, 0.1) is 0 Å². The molecule has 2 heteroatoms. The summed E-state index contributed by atoms with van der Waals surface area (Å²) >= 11 is 0. The number of nitrogens with two attached hydrogens (primary N) is 1. The summed E-state index contributed by atoms with van der Waals surface area (Å²) in [6.45, 7) is 2.42. The summed E-state index contributed by atoms with van der Waals surface area (Å²) in [5, 5.41) is 0. The molecule has 0 saturated heterocycles. The van der Waals surface area contributed by atoms with E-state index in [1.807, 2.05) is 0 Å². The van der Waals surface area contributed by atoms with Crippen molar-refractivity contribution < 1.29 is 0 Å². The SMILES string of the molecule is CC1CCCC(C(NN)C2C3CCCCC32)C1. The number of rotatable bonds is 3. The number of hydrogen-bond acceptors (Lipinski definition) is 2. The van der Waals surface area contributed by atoms with Crippen molar-refractivity contribution in [1.29, 1.82) is 0 Å². The van der Waals surface area contributed by atoms with E-state index >= 15 is 0 Å². The average molecular weight is 236 g/mol. The van der Waals surface area contributed by atoms with Crippen molar-refractivity contribution in [2.24, 2.45) is 35.4 Å². The molecule has 0 radical (unpaired) electrons. The average Bonchev–Trinajstić information content (AvgIpc) is 3.05. The summed E-state index contributed by atoms with van der Waals surface area (Å²) in [7, 11) is 0. The highest BCUT2D eigenvalue weighted by atomic mass is 15.2. The number of hydrogen-bond donors (Lipinski definition) is 2. The first-order valence-electron chi connectivity index (χ1n) is 7.77. The van der Waals surface area contributed by atoms with Crippen molar-refractivity contribution in [3.8, 4) is 0 Å². The molecule has 3 aliphatic rings. The molecule has 0 aromatic rings. The van der Waals surface area contributed by atoms with Crippen LogP contribution in [0.2, 0.25) is 0 Å². The molecule has 3 fully saturated rings. The van der Waals surface area contributed by atoms with E-state index in [-0.39, 0.29) is 0 Å². The van der Waals surface area contributed by atoms with Crippen LogP contribution >= 0.6 is 0 Å². The molecule has 2 nitrogen and oxygen atoms in total. The second-order valence-corrected chi connectivity index (χ2v) is 6.91. The molecule has 5 unspecified atom stereocenters. The fourth-order valence-electron chi connectivity index (χ4n) is 4.95. The van der Waals surface area contributed by atoms with Gasteiger partial charge in [0.1, 0.15) is 0 Å². The van der Waals surface area contributed by atoms with Crippen molar-refractivity contribution in [3.63, 3.8) is 0 Å². The van der Waals surface area contributed by atoms with Gasteiger partial charge in [-0.05, 0) is 55.3 Å². The molecular formula is C15H28N2. The summed E-state index contributed by atoms with van der Waals surface area (Å²) in [5.41, 5.74) is 3.21. The zero-order chi connectivity index (χ0) is 11.8. The predicted molar refractivity (Wildman–Crippen MR) is 71.2 cm³/mol. The minimum atomic E-state index is 0.630. The molecule has 0 amide bonds. The molecule has 0 heterocycles. The van der Waals surface area contributed by atoms with Crippen LogP contribution in [0.15, 0.2) is 0 Å². The largest absolute Gasteiger partial charge is 0.271 e. The molecule has 3 N–H and O–H groups in total. The van der Waals surface area contributed by atoms with Gasteiger partial charge in [0.2, 0.25) is 0 Å². The third-order valence-electron chi connectivity index (χ3n) is 5.81. The Morgan fingerprint density at radius 2 is 1.71 bits per heavy atom. The maximum absolute atomic E-state index is 5.89. The molecular weight excluding hydrogens is 208 g/mol. The van der Waals surface area contributed by atoms with Crippen LogP contribution in [-0.4, -0.2) is 6.04 Å². The predicted octanol–water partition coefficient (Wildman–Crippen LogP) is 3.08. The molecule has 0 aromatic heterocycles. The molecule has 5 atom stereocenters. The lowest BCUT2D eigenvalue weighted by atomic mass is 9.77. The molecule has 0 aromatic carbocycles. The van der Waals surface area contributed by atoms with Gasteiger partial charge >= 0.3 is 0 Å². The van der Waals surface area contributed by atoms with Gasteiger partial charge in [-0.3, -0.25) is 11.3 Å². The van der Waals surface area contributed by atoms with Crippen LogP contribution < -0.4 is 11.3 Å². The van der Waals surface area contributed by atoms with E-state index in [4.69, 9.17) is 5.84 Å². The highest BCUT2D eigenvalue weighted by molar-refractivity contribution is 5.06. The third kappa shape index (κ3) is 2.26. The van der Waals surface area contributed by atoms with E-state index in [1.165, 1.54) is 51.4 Å². The van der Waals surface area contributed by atoms with Crippen LogP contribution in [0, 0.1) is 29.6 Å².